The van der Waals surface area contributed by atoms with E-state index in [1.54, 1.807) is 12.1 Å². The van der Waals surface area contributed by atoms with Crippen LogP contribution in [0, 0.1) is 11.8 Å². The lowest BCUT2D eigenvalue weighted by molar-refractivity contribution is -0.142. The Morgan fingerprint density at radius 1 is 0.964 bits per heavy atom. The molecule has 1 saturated carbocycles. The van der Waals surface area contributed by atoms with Crippen molar-refractivity contribution < 1.29 is 14.4 Å². The molecule has 1 N–H and O–H groups in total. The molecule has 0 spiro atoms. The Labute approximate surface area is 172 Å². The van der Waals surface area contributed by atoms with Gasteiger partial charge in [0.25, 0.3) is 0 Å². The molecule has 1 saturated heterocycles. The van der Waals surface area contributed by atoms with E-state index in [0.717, 1.165) is 15.8 Å². The Morgan fingerprint density at radius 3 is 2.36 bits per heavy atom. The second kappa shape index (κ2) is 7.87. The largest absolute Gasteiger partial charge is 0.325 e. The maximum absolute atomic E-state index is 12.9. The number of fused-ring (bicyclic) bond motifs is 1. The van der Waals surface area contributed by atoms with Gasteiger partial charge in [-0.2, -0.15) is 0 Å². The molecule has 5 nitrogen and oxygen atoms in total. The molecule has 6 heteroatoms. The van der Waals surface area contributed by atoms with Gasteiger partial charge in [-0.1, -0.05) is 46.3 Å². The summed E-state index contributed by atoms with van der Waals surface area (Å²) in [5.74, 6) is -1.08. The van der Waals surface area contributed by atoms with Crippen LogP contribution in [-0.4, -0.2) is 29.2 Å². The molecular formula is C22H21BrN2O3. The van der Waals surface area contributed by atoms with Gasteiger partial charge in [0.05, 0.1) is 11.8 Å². The van der Waals surface area contributed by atoms with E-state index in [-0.39, 0.29) is 42.0 Å². The molecule has 3 atom stereocenters. The zero-order valence-corrected chi connectivity index (χ0v) is 16.9. The second-order valence-electron chi connectivity index (χ2n) is 7.45. The zero-order chi connectivity index (χ0) is 19.7. The Kier molecular flexibility index (Phi) is 5.31. The van der Waals surface area contributed by atoms with Gasteiger partial charge in [-0.3, -0.25) is 19.3 Å². The molecule has 144 valence electrons. The van der Waals surface area contributed by atoms with Crippen LogP contribution < -0.4 is 5.32 Å². The average Bonchev–Trinajstić information content (AvgIpc) is 2.95. The molecule has 1 aliphatic heterocycles. The van der Waals surface area contributed by atoms with E-state index in [1.807, 2.05) is 30.3 Å². The fourth-order valence-electron chi connectivity index (χ4n) is 4.31. The van der Waals surface area contributed by atoms with Crippen molar-refractivity contribution in [3.63, 3.8) is 0 Å². The molecular weight excluding hydrogens is 420 g/mol. The van der Waals surface area contributed by atoms with Crippen molar-refractivity contribution in [3.8, 4) is 0 Å². The van der Waals surface area contributed by atoms with Crippen LogP contribution in [0.15, 0.2) is 59.1 Å². The van der Waals surface area contributed by atoms with Gasteiger partial charge in [-0.05, 0) is 55.0 Å². The highest BCUT2D eigenvalue weighted by molar-refractivity contribution is 9.10. The van der Waals surface area contributed by atoms with Crippen LogP contribution in [0.5, 0.6) is 0 Å². The van der Waals surface area contributed by atoms with E-state index >= 15 is 0 Å². The van der Waals surface area contributed by atoms with Crippen molar-refractivity contribution in [2.24, 2.45) is 11.8 Å². The van der Waals surface area contributed by atoms with Crippen LogP contribution in [0.4, 0.5) is 5.69 Å². The predicted octanol–water partition coefficient (Wildman–Crippen LogP) is 3.96. The number of rotatable bonds is 4. The summed E-state index contributed by atoms with van der Waals surface area (Å²) in [7, 11) is 0. The molecule has 0 aromatic heterocycles. The Morgan fingerprint density at radius 2 is 1.64 bits per heavy atom. The van der Waals surface area contributed by atoms with Crippen molar-refractivity contribution in [2.45, 2.75) is 25.2 Å². The van der Waals surface area contributed by atoms with Crippen molar-refractivity contribution in [3.05, 3.63) is 64.6 Å². The van der Waals surface area contributed by atoms with Crippen LogP contribution >= 0.6 is 15.9 Å². The fraction of sp³-hybridized carbons (Fsp3) is 0.318. The standard InChI is InChI=1S/C22H21BrN2O3/c23-16-7-9-17(10-8-16)24-20(26)13-25-21(27)18-11-6-15(12-19(18)22(25)28)14-4-2-1-3-5-14/h1-5,7-10,15,18-19H,6,11-13H2,(H,24,26)/t15-,18+,19+/m0/s1. The average molecular weight is 441 g/mol. The number of amides is 3. The number of halogens is 1. The lowest BCUT2D eigenvalue weighted by atomic mass is 9.73. The molecule has 4 rings (SSSR count). The number of carbonyl (C=O) groups excluding carboxylic acids is 3. The van der Waals surface area contributed by atoms with E-state index < -0.39 is 0 Å². The lowest BCUT2D eigenvalue weighted by Crippen LogP contribution is -2.38. The molecule has 1 aliphatic carbocycles. The maximum Gasteiger partial charge on any atom is 0.244 e. The normalized spacial score (nSPS) is 24.2. The zero-order valence-electron chi connectivity index (χ0n) is 15.3. The predicted molar refractivity (Wildman–Crippen MR) is 110 cm³/mol. The number of nitrogens with zero attached hydrogens (tertiary/aromatic N) is 1. The number of hydrogen-bond acceptors (Lipinski definition) is 3. The number of anilines is 1. The van der Waals surface area contributed by atoms with Crippen molar-refractivity contribution in [1.82, 2.24) is 4.90 Å². The molecule has 2 aliphatic rings. The van der Waals surface area contributed by atoms with Gasteiger partial charge in [0.2, 0.25) is 17.7 Å². The number of likely N-dealkylation sites (tertiary alicyclic amines) is 1. The van der Waals surface area contributed by atoms with E-state index in [1.165, 1.54) is 5.56 Å². The number of benzene rings is 2. The summed E-state index contributed by atoms with van der Waals surface area (Å²) in [5, 5.41) is 2.75. The first kappa shape index (κ1) is 18.9. The van der Waals surface area contributed by atoms with E-state index in [2.05, 4.69) is 33.4 Å². The van der Waals surface area contributed by atoms with E-state index in [4.69, 9.17) is 0 Å². The second-order valence-corrected chi connectivity index (χ2v) is 8.37. The van der Waals surface area contributed by atoms with Crippen LogP contribution in [-0.2, 0) is 14.4 Å². The number of imide groups is 1. The molecule has 2 aromatic rings. The third-order valence-corrected chi connectivity index (χ3v) is 6.25. The summed E-state index contributed by atoms with van der Waals surface area (Å²) < 4.78 is 0.910. The molecule has 2 aromatic carbocycles. The van der Waals surface area contributed by atoms with Gasteiger partial charge in [-0.15, -0.1) is 0 Å². The molecule has 0 unspecified atom stereocenters. The Balaban J connectivity index is 1.42. The van der Waals surface area contributed by atoms with Gasteiger partial charge >= 0.3 is 0 Å². The molecule has 1 heterocycles. The van der Waals surface area contributed by atoms with Gasteiger partial charge in [0.1, 0.15) is 6.54 Å². The van der Waals surface area contributed by atoms with E-state index in [0.29, 0.717) is 18.5 Å². The maximum atomic E-state index is 12.9. The first-order valence-corrected chi connectivity index (χ1v) is 10.3. The summed E-state index contributed by atoms with van der Waals surface area (Å²) >= 11 is 3.34. The van der Waals surface area contributed by atoms with Gasteiger partial charge in [-0.25, -0.2) is 0 Å². The highest BCUT2D eigenvalue weighted by Crippen LogP contribution is 2.44. The van der Waals surface area contributed by atoms with Crippen molar-refractivity contribution in [2.75, 3.05) is 11.9 Å². The van der Waals surface area contributed by atoms with Gasteiger partial charge < -0.3 is 5.32 Å². The molecule has 3 amide bonds. The highest BCUT2D eigenvalue weighted by Gasteiger charge is 2.50. The van der Waals surface area contributed by atoms with Crippen LogP contribution in [0.2, 0.25) is 0 Å². The smallest absolute Gasteiger partial charge is 0.244 e. The first-order chi connectivity index (χ1) is 13.5. The quantitative estimate of drug-likeness (QED) is 0.731. The van der Waals surface area contributed by atoms with E-state index in [9.17, 15) is 14.4 Å². The minimum Gasteiger partial charge on any atom is -0.325 e. The molecule has 28 heavy (non-hydrogen) atoms. The Bertz CT molecular complexity index is 898. The minimum atomic E-state index is -0.359. The third kappa shape index (κ3) is 3.74. The first-order valence-electron chi connectivity index (χ1n) is 9.48. The summed E-state index contributed by atoms with van der Waals surface area (Å²) in [6.45, 7) is -0.225. The van der Waals surface area contributed by atoms with Crippen LogP contribution in [0.3, 0.4) is 0 Å². The monoisotopic (exact) mass is 440 g/mol. The minimum absolute atomic E-state index is 0.201. The molecule has 0 radical (unpaired) electrons. The summed E-state index contributed by atoms with van der Waals surface area (Å²) in [5.41, 5.74) is 1.85. The molecule has 0 bridgehead atoms. The Hall–Kier alpha value is -2.47. The number of carbonyl (C=O) groups is 3. The third-order valence-electron chi connectivity index (χ3n) is 5.72. The van der Waals surface area contributed by atoms with Gasteiger partial charge in [0.15, 0.2) is 0 Å². The summed E-state index contributed by atoms with van der Waals surface area (Å²) in [6.07, 6.45) is 2.26. The SMILES string of the molecule is O=C(CN1C(=O)[C@@H]2CC[C@H](c3ccccc3)C[C@H]2C1=O)Nc1ccc(Br)cc1. The van der Waals surface area contributed by atoms with Crippen LogP contribution in [0.1, 0.15) is 30.7 Å². The molecule has 2 fully saturated rings. The van der Waals surface area contributed by atoms with Crippen molar-refractivity contribution in [1.29, 1.82) is 0 Å². The van der Waals surface area contributed by atoms with Gasteiger partial charge in [0, 0.05) is 10.2 Å². The number of hydrogen-bond donors (Lipinski definition) is 1. The van der Waals surface area contributed by atoms with Crippen molar-refractivity contribution >= 4 is 39.3 Å². The lowest BCUT2D eigenvalue weighted by Gasteiger charge is -2.28. The van der Waals surface area contributed by atoms with Crippen LogP contribution in [0.25, 0.3) is 0 Å². The topological polar surface area (TPSA) is 66.5 Å². The fourth-order valence-corrected chi connectivity index (χ4v) is 4.57. The summed E-state index contributed by atoms with van der Waals surface area (Å²) in [4.78, 5) is 39.1. The summed E-state index contributed by atoms with van der Waals surface area (Å²) in [6, 6.07) is 17.3. The number of nitrogens with one attached hydrogen (secondary N) is 1. The highest BCUT2D eigenvalue weighted by atomic mass is 79.9.